The van der Waals surface area contributed by atoms with Crippen LogP contribution in [0.25, 0.3) is 0 Å². The number of nitrogen functional groups attached to an aromatic ring is 1. The molecule has 0 aliphatic heterocycles. The quantitative estimate of drug-likeness (QED) is 0.124. The molecule has 0 radical (unpaired) electrons. The van der Waals surface area contributed by atoms with E-state index in [-0.39, 0.29) is 42.4 Å². The first-order valence-corrected chi connectivity index (χ1v) is 12.3. The van der Waals surface area contributed by atoms with Crippen molar-refractivity contribution in [1.82, 2.24) is 15.0 Å². The van der Waals surface area contributed by atoms with Crippen LogP contribution < -0.4 is 15.2 Å². The van der Waals surface area contributed by atoms with Gasteiger partial charge < -0.3 is 34.5 Å². The first-order valence-electron chi connectivity index (χ1n) is 11.9. The fraction of sp³-hybridized carbons (Fsp3) is 0.375. The molecular formula is C24H30ClF3N6O10. The molecular weight excluding hydrogens is 625 g/mol. The van der Waals surface area contributed by atoms with Gasteiger partial charge in [-0.2, -0.15) is 0 Å². The lowest BCUT2D eigenvalue weighted by molar-refractivity contribution is -0.386. The minimum absolute atomic E-state index is 0.121. The van der Waals surface area contributed by atoms with E-state index >= 15 is 0 Å². The maximum absolute atomic E-state index is 12.6. The second-order valence-electron chi connectivity index (χ2n) is 7.40. The van der Waals surface area contributed by atoms with Crippen LogP contribution in [0.1, 0.15) is 0 Å². The van der Waals surface area contributed by atoms with Crippen LogP contribution in [0.4, 0.5) is 30.2 Å². The Morgan fingerprint density at radius 2 is 1.18 bits per heavy atom. The number of aliphatic hydroxyl groups excluding tert-OH is 1. The standard InChI is InChI=1S/C8H9FN2O4.C8H11FN2O2.C5H2ClFN2O2.C3H8O2/c1-14-2-3-15-8-7(11(12)13)4-6(9)5-10-8;1-12-2-3-13-8-7(10)4-6(9)5-11-8;6-5-4(9(10)11)1-3(7)2-8-5;1-5-3-2-4/h4-5H,2-3H2,1H3;4-5H,2-3,10H2,1H3;1-2H;4H,2-3H2,1H3. The lowest BCUT2D eigenvalue weighted by Gasteiger charge is -2.06. The number of hydrogen-bond donors (Lipinski definition) is 2. The summed E-state index contributed by atoms with van der Waals surface area (Å²) in [5, 5.41) is 28.2. The Morgan fingerprint density at radius 3 is 1.59 bits per heavy atom. The van der Waals surface area contributed by atoms with Crippen molar-refractivity contribution < 1.29 is 51.8 Å². The van der Waals surface area contributed by atoms with Crippen molar-refractivity contribution in [3.63, 3.8) is 0 Å². The zero-order valence-corrected chi connectivity index (χ0v) is 24.4. The molecule has 3 N–H and O–H groups in total. The maximum atomic E-state index is 12.6. The molecule has 0 aliphatic carbocycles. The fourth-order valence-corrected chi connectivity index (χ4v) is 2.47. The SMILES string of the molecule is COCCO.COCCOc1ncc(F)cc1N.COCCOc1ncc(F)cc1[N+](=O)[O-].O=[N+]([O-])c1cc(F)cnc1Cl. The van der Waals surface area contributed by atoms with Gasteiger partial charge in [-0.15, -0.1) is 0 Å². The highest BCUT2D eigenvalue weighted by molar-refractivity contribution is 6.31. The summed E-state index contributed by atoms with van der Waals surface area (Å²) < 4.78 is 61.4. The number of methoxy groups -OCH3 is 3. The summed E-state index contributed by atoms with van der Waals surface area (Å²) in [6, 6.07) is 2.64. The molecule has 0 aliphatic rings. The zero-order valence-electron chi connectivity index (χ0n) is 23.7. The number of nitrogens with two attached hydrogens (primary N) is 1. The van der Waals surface area contributed by atoms with E-state index in [1.54, 1.807) is 14.2 Å². The highest BCUT2D eigenvalue weighted by atomic mass is 35.5. The second kappa shape index (κ2) is 23.1. The molecule has 3 aromatic heterocycles. The molecule has 0 fully saturated rings. The highest BCUT2D eigenvalue weighted by Crippen LogP contribution is 2.24. The van der Waals surface area contributed by atoms with E-state index in [9.17, 15) is 33.4 Å². The Labute approximate surface area is 253 Å². The van der Waals surface area contributed by atoms with E-state index in [0.29, 0.717) is 19.8 Å². The number of rotatable bonds is 12. The zero-order chi connectivity index (χ0) is 33.5. The van der Waals surface area contributed by atoms with Gasteiger partial charge in [-0.05, 0) is 0 Å². The number of pyridine rings is 3. The molecule has 0 bridgehead atoms. The number of halogens is 4. The monoisotopic (exact) mass is 654 g/mol. The molecule has 16 nitrogen and oxygen atoms in total. The van der Waals surface area contributed by atoms with Crippen LogP contribution in [0.15, 0.2) is 36.8 Å². The summed E-state index contributed by atoms with van der Waals surface area (Å²) in [6.07, 6.45) is 2.73. The van der Waals surface area contributed by atoms with Crippen molar-refractivity contribution in [2.45, 2.75) is 0 Å². The summed E-state index contributed by atoms with van der Waals surface area (Å²) in [5.41, 5.74) is 4.61. The molecule has 0 unspecified atom stereocenters. The van der Waals surface area contributed by atoms with E-state index in [2.05, 4.69) is 19.7 Å². The third-order valence-corrected chi connectivity index (χ3v) is 4.46. The van der Waals surface area contributed by atoms with E-state index in [1.807, 2.05) is 0 Å². The molecule has 244 valence electrons. The number of nitro groups is 2. The molecule has 3 heterocycles. The minimum Gasteiger partial charge on any atom is -0.474 e. The van der Waals surface area contributed by atoms with Crippen LogP contribution in [0.2, 0.25) is 5.15 Å². The Bertz CT molecular complexity index is 1300. The summed E-state index contributed by atoms with van der Waals surface area (Å²) in [6.45, 7) is 1.75. The Hall–Kier alpha value is -4.43. The number of anilines is 1. The third-order valence-electron chi connectivity index (χ3n) is 4.17. The van der Waals surface area contributed by atoms with Gasteiger partial charge in [-0.1, -0.05) is 11.6 Å². The number of nitrogens with zero attached hydrogens (tertiary/aromatic N) is 5. The molecule has 20 heteroatoms. The van der Waals surface area contributed by atoms with Gasteiger partial charge in [-0.25, -0.2) is 28.1 Å². The number of aromatic nitrogens is 3. The Kier molecular flexibility index (Phi) is 20.8. The number of hydrogen-bond acceptors (Lipinski definition) is 14. The van der Waals surface area contributed by atoms with Crippen LogP contribution in [-0.2, 0) is 14.2 Å². The predicted octanol–water partition coefficient (Wildman–Crippen LogP) is 3.39. The van der Waals surface area contributed by atoms with Gasteiger partial charge >= 0.3 is 11.4 Å². The van der Waals surface area contributed by atoms with Gasteiger partial charge in [0.1, 0.15) is 30.7 Å². The average Bonchev–Trinajstić information content (AvgIpc) is 2.97. The average molecular weight is 655 g/mol. The van der Waals surface area contributed by atoms with E-state index < -0.39 is 38.7 Å². The summed E-state index contributed by atoms with van der Waals surface area (Å²) >= 11 is 5.27. The third kappa shape index (κ3) is 16.9. The predicted molar refractivity (Wildman–Crippen MR) is 149 cm³/mol. The minimum atomic E-state index is -0.793. The van der Waals surface area contributed by atoms with Gasteiger partial charge in [0, 0.05) is 27.4 Å². The lowest BCUT2D eigenvalue weighted by atomic mass is 10.4. The largest absolute Gasteiger partial charge is 0.474 e. The molecule has 44 heavy (non-hydrogen) atoms. The summed E-state index contributed by atoms with van der Waals surface area (Å²) in [4.78, 5) is 29.4. The Balaban J connectivity index is 0.000000590. The van der Waals surface area contributed by atoms with Crippen LogP contribution in [-0.4, -0.2) is 90.9 Å². The van der Waals surface area contributed by atoms with Crippen molar-refractivity contribution in [1.29, 1.82) is 0 Å². The van der Waals surface area contributed by atoms with Gasteiger partial charge in [0.15, 0.2) is 0 Å². The van der Waals surface area contributed by atoms with E-state index in [1.165, 1.54) is 7.11 Å². The van der Waals surface area contributed by atoms with Crippen molar-refractivity contribution in [2.24, 2.45) is 0 Å². The van der Waals surface area contributed by atoms with E-state index in [0.717, 1.165) is 36.8 Å². The second-order valence-corrected chi connectivity index (χ2v) is 7.76. The molecule has 0 spiro atoms. The molecule has 0 atom stereocenters. The van der Waals surface area contributed by atoms with Gasteiger partial charge in [0.25, 0.3) is 5.88 Å². The van der Waals surface area contributed by atoms with Crippen molar-refractivity contribution in [3.05, 3.63) is 79.6 Å². The van der Waals surface area contributed by atoms with Crippen LogP contribution in [0, 0.1) is 37.7 Å². The topological polar surface area (TPSA) is 217 Å². The summed E-state index contributed by atoms with van der Waals surface area (Å²) in [7, 11) is 4.58. The van der Waals surface area contributed by atoms with Crippen LogP contribution in [0.5, 0.6) is 11.8 Å². The Morgan fingerprint density at radius 1 is 0.750 bits per heavy atom. The smallest absolute Gasteiger partial charge is 0.333 e. The molecule has 0 amide bonds. The molecule has 0 saturated carbocycles. The highest BCUT2D eigenvalue weighted by Gasteiger charge is 2.18. The first kappa shape index (κ1) is 39.6. The van der Waals surface area contributed by atoms with Crippen LogP contribution >= 0.6 is 11.6 Å². The molecule has 0 saturated heterocycles. The van der Waals surface area contributed by atoms with Gasteiger partial charge in [0.05, 0.1) is 72.7 Å². The van der Waals surface area contributed by atoms with Gasteiger partial charge in [-0.3, -0.25) is 20.2 Å². The van der Waals surface area contributed by atoms with E-state index in [4.69, 9.17) is 41.4 Å². The van der Waals surface area contributed by atoms with Crippen molar-refractivity contribution in [3.8, 4) is 11.8 Å². The normalized spacial score (nSPS) is 9.73. The van der Waals surface area contributed by atoms with Crippen molar-refractivity contribution in [2.75, 3.05) is 66.7 Å². The molecule has 3 aromatic rings. The van der Waals surface area contributed by atoms with Gasteiger partial charge in [0.2, 0.25) is 11.0 Å². The summed E-state index contributed by atoms with van der Waals surface area (Å²) in [5.74, 6) is -2.00. The van der Waals surface area contributed by atoms with Crippen molar-refractivity contribution >= 4 is 28.7 Å². The molecule has 3 rings (SSSR count). The fourth-order valence-electron chi connectivity index (χ4n) is 2.30. The lowest BCUT2D eigenvalue weighted by Crippen LogP contribution is -2.07. The van der Waals surface area contributed by atoms with Crippen LogP contribution in [0.3, 0.4) is 0 Å². The maximum Gasteiger partial charge on any atom is 0.333 e. The number of aliphatic hydroxyl groups is 1. The number of ether oxygens (including phenoxy) is 5. The first-order chi connectivity index (χ1) is 20.9. The molecule has 0 aromatic carbocycles.